The fourth-order valence-electron chi connectivity index (χ4n) is 3.61. The van der Waals surface area contributed by atoms with Crippen LogP contribution in [0.3, 0.4) is 0 Å². The number of aryl methyl sites for hydroxylation is 2. The Kier molecular flexibility index (Phi) is 3.38. The molecule has 4 nitrogen and oxygen atoms in total. The normalized spacial score (nSPS) is 21.2. The Labute approximate surface area is 136 Å². The van der Waals surface area contributed by atoms with E-state index in [1.165, 1.54) is 18.4 Å². The lowest BCUT2D eigenvalue weighted by Crippen LogP contribution is -2.32. The van der Waals surface area contributed by atoms with Crippen molar-refractivity contribution in [3.63, 3.8) is 0 Å². The van der Waals surface area contributed by atoms with E-state index < -0.39 is 0 Å². The van der Waals surface area contributed by atoms with Gasteiger partial charge in [0.25, 0.3) is 5.91 Å². The molecule has 0 bridgehead atoms. The molecule has 4 heteroatoms. The summed E-state index contributed by atoms with van der Waals surface area (Å²) in [6.07, 6.45) is 3.26. The molecule has 2 heterocycles. The number of rotatable bonds is 2. The molecule has 2 fully saturated rings. The van der Waals surface area contributed by atoms with E-state index in [-0.39, 0.29) is 11.9 Å². The molecule has 1 aromatic heterocycles. The highest BCUT2D eigenvalue weighted by Crippen LogP contribution is 2.40. The summed E-state index contributed by atoms with van der Waals surface area (Å²) in [6, 6.07) is 6.38. The maximum absolute atomic E-state index is 13.1. The Balaban J connectivity index is 1.87. The summed E-state index contributed by atoms with van der Waals surface area (Å²) in [7, 11) is 0. The van der Waals surface area contributed by atoms with Gasteiger partial charge in [0.05, 0.1) is 11.1 Å². The van der Waals surface area contributed by atoms with Crippen LogP contribution in [0.2, 0.25) is 0 Å². The number of benzene rings is 1. The predicted octanol–water partition coefficient (Wildman–Crippen LogP) is 2.90. The van der Waals surface area contributed by atoms with Crippen LogP contribution >= 0.6 is 0 Å². The highest BCUT2D eigenvalue weighted by molar-refractivity contribution is 6.07. The number of hydrogen-bond acceptors (Lipinski definition) is 3. The van der Waals surface area contributed by atoms with Crippen LogP contribution in [0.25, 0.3) is 10.9 Å². The molecule has 1 atom stereocenters. The molecule has 1 saturated heterocycles. The molecule has 1 saturated carbocycles. The summed E-state index contributed by atoms with van der Waals surface area (Å²) in [5.41, 5.74) is 11.2. The molecule has 1 amide bonds. The van der Waals surface area contributed by atoms with E-state index in [1.807, 2.05) is 11.0 Å². The van der Waals surface area contributed by atoms with Crippen LogP contribution in [0.1, 0.15) is 52.4 Å². The third-order valence-corrected chi connectivity index (χ3v) is 5.01. The number of amides is 1. The average Bonchev–Trinajstić information content (AvgIpc) is 3.27. The van der Waals surface area contributed by atoms with E-state index in [9.17, 15) is 4.79 Å². The van der Waals surface area contributed by atoms with E-state index in [1.54, 1.807) is 0 Å². The molecule has 2 N–H and O–H groups in total. The van der Waals surface area contributed by atoms with Gasteiger partial charge in [-0.2, -0.15) is 0 Å². The van der Waals surface area contributed by atoms with Crippen LogP contribution in [-0.4, -0.2) is 34.9 Å². The van der Waals surface area contributed by atoms with E-state index in [0.29, 0.717) is 12.5 Å². The Morgan fingerprint density at radius 3 is 2.65 bits per heavy atom. The highest BCUT2D eigenvalue weighted by Gasteiger charge is 2.30. The second kappa shape index (κ2) is 5.31. The fourth-order valence-corrected chi connectivity index (χ4v) is 3.61. The third-order valence-electron chi connectivity index (χ3n) is 5.01. The van der Waals surface area contributed by atoms with Crippen molar-refractivity contribution < 1.29 is 4.79 Å². The molecule has 1 aliphatic heterocycles. The number of carbonyl (C=O) groups is 1. The zero-order chi connectivity index (χ0) is 16.1. The third kappa shape index (κ3) is 2.61. The van der Waals surface area contributed by atoms with Crippen molar-refractivity contribution >= 4 is 16.8 Å². The molecule has 0 unspecified atom stereocenters. The van der Waals surface area contributed by atoms with Crippen molar-refractivity contribution in [1.29, 1.82) is 0 Å². The van der Waals surface area contributed by atoms with E-state index in [0.717, 1.165) is 40.7 Å². The molecule has 0 spiro atoms. The monoisotopic (exact) mass is 309 g/mol. The first-order valence-electron chi connectivity index (χ1n) is 8.49. The van der Waals surface area contributed by atoms with Crippen LogP contribution < -0.4 is 5.73 Å². The van der Waals surface area contributed by atoms with Gasteiger partial charge in [0.2, 0.25) is 0 Å². The minimum atomic E-state index is 0.109. The number of likely N-dealkylation sites (tertiary alicyclic amines) is 1. The highest BCUT2D eigenvalue weighted by atomic mass is 16.2. The summed E-state index contributed by atoms with van der Waals surface area (Å²) < 4.78 is 0. The van der Waals surface area contributed by atoms with Crippen LogP contribution in [0, 0.1) is 13.8 Å². The maximum atomic E-state index is 13.1. The number of pyridine rings is 1. The molecule has 120 valence electrons. The lowest BCUT2D eigenvalue weighted by molar-refractivity contribution is 0.0792. The second-order valence-corrected chi connectivity index (χ2v) is 7.15. The minimum absolute atomic E-state index is 0.109. The number of aromatic nitrogens is 1. The van der Waals surface area contributed by atoms with Gasteiger partial charge < -0.3 is 10.6 Å². The molecule has 1 aliphatic carbocycles. The zero-order valence-electron chi connectivity index (χ0n) is 13.8. The van der Waals surface area contributed by atoms with Crippen molar-refractivity contribution in [1.82, 2.24) is 9.88 Å². The summed E-state index contributed by atoms with van der Waals surface area (Å²) >= 11 is 0. The lowest BCUT2D eigenvalue weighted by atomic mass is 10.00. The Morgan fingerprint density at radius 1 is 1.22 bits per heavy atom. The summed E-state index contributed by atoms with van der Waals surface area (Å²) in [5, 5.41) is 0.984. The average molecular weight is 309 g/mol. The quantitative estimate of drug-likeness (QED) is 0.928. The van der Waals surface area contributed by atoms with Gasteiger partial charge in [-0.15, -0.1) is 0 Å². The number of hydrogen-bond donors (Lipinski definition) is 1. The molecular weight excluding hydrogens is 286 g/mol. The maximum Gasteiger partial charge on any atom is 0.254 e. The summed E-state index contributed by atoms with van der Waals surface area (Å²) in [6.45, 7) is 5.57. The molecule has 2 aromatic rings. The fraction of sp³-hybridized carbons (Fsp3) is 0.474. The van der Waals surface area contributed by atoms with Gasteiger partial charge >= 0.3 is 0 Å². The van der Waals surface area contributed by atoms with Gasteiger partial charge in [-0.3, -0.25) is 9.78 Å². The van der Waals surface area contributed by atoms with E-state index >= 15 is 0 Å². The lowest BCUT2D eigenvalue weighted by Gasteiger charge is -2.18. The van der Waals surface area contributed by atoms with Gasteiger partial charge in [-0.1, -0.05) is 11.6 Å². The van der Waals surface area contributed by atoms with Crippen LogP contribution in [0.15, 0.2) is 18.2 Å². The van der Waals surface area contributed by atoms with Gasteiger partial charge in [0.1, 0.15) is 0 Å². The predicted molar refractivity (Wildman–Crippen MR) is 91.7 cm³/mol. The second-order valence-electron chi connectivity index (χ2n) is 7.15. The first-order valence-corrected chi connectivity index (χ1v) is 8.49. The Hall–Kier alpha value is -1.94. The molecule has 23 heavy (non-hydrogen) atoms. The molecule has 0 radical (unpaired) electrons. The van der Waals surface area contributed by atoms with Crippen molar-refractivity contribution in [2.75, 3.05) is 13.1 Å². The molecule has 4 rings (SSSR count). The van der Waals surface area contributed by atoms with E-state index in [4.69, 9.17) is 10.7 Å². The number of fused-ring (bicyclic) bond motifs is 1. The van der Waals surface area contributed by atoms with Gasteiger partial charge in [0, 0.05) is 36.1 Å². The van der Waals surface area contributed by atoms with Crippen LogP contribution in [0.5, 0.6) is 0 Å². The van der Waals surface area contributed by atoms with Crippen LogP contribution in [0.4, 0.5) is 0 Å². The first kappa shape index (κ1) is 14.6. The number of carbonyl (C=O) groups excluding carboxylic acids is 1. The molecular formula is C19H23N3O. The topological polar surface area (TPSA) is 59.2 Å². The molecule has 1 aromatic carbocycles. The van der Waals surface area contributed by atoms with Gasteiger partial charge in [-0.05, 0) is 50.8 Å². The summed E-state index contributed by atoms with van der Waals surface area (Å²) in [5.74, 6) is 0.643. The van der Waals surface area contributed by atoms with Crippen molar-refractivity contribution in [2.45, 2.75) is 45.1 Å². The largest absolute Gasteiger partial charge is 0.337 e. The van der Waals surface area contributed by atoms with Crippen molar-refractivity contribution in [2.24, 2.45) is 5.73 Å². The number of nitrogens with two attached hydrogens (primary N) is 1. The molecule has 2 aliphatic rings. The number of nitrogens with zero attached hydrogens (tertiary/aromatic N) is 2. The standard InChI is InChI=1S/C19H23N3O/c1-11-7-12(2)18-15(8-11)16(9-17(21-18)13-3-4-13)19(23)22-6-5-14(20)10-22/h7-9,13-14H,3-6,10,20H2,1-2H3/t14-/m0/s1. The van der Waals surface area contributed by atoms with E-state index in [2.05, 4.69) is 26.0 Å². The Bertz CT molecular complexity index is 795. The SMILES string of the molecule is Cc1cc(C)c2nc(C3CC3)cc(C(=O)N3CC[C@H](N)C3)c2c1. The van der Waals surface area contributed by atoms with Crippen molar-refractivity contribution in [3.05, 3.63) is 40.6 Å². The van der Waals surface area contributed by atoms with Gasteiger partial charge in [-0.25, -0.2) is 0 Å². The smallest absolute Gasteiger partial charge is 0.254 e. The van der Waals surface area contributed by atoms with Gasteiger partial charge in [0.15, 0.2) is 0 Å². The Morgan fingerprint density at radius 2 is 2.00 bits per heavy atom. The first-order chi connectivity index (χ1) is 11.0. The minimum Gasteiger partial charge on any atom is -0.337 e. The zero-order valence-corrected chi connectivity index (χ0v) is 13.8. The summed E-state index contributed by atoms with van der Waals surface area (Å²) in [4.78, 5) is 19.8. The van der Waals surface area contributed by atoms with Crippen LogP contribution in [-0.2, 0) is 0 Å². The van der Waals surface area contributed by atoms with Crippen molar-refractivity contribution in [3.8, 4) is 0 Å².